The van der Waals surface area contributed by atoms with Gasteiger partial charge in [-0.3, -0.25) is 9.59 Å². The molecule has 5 heteroatoms. The number of nitrogens with zero attached hydrogens (tertiary/aromatic N) is 1. The molecule has 104 valence electrons. The van der Waals surface area contributed by atoms with Gasteiger partial charge in [-0.25, -0.2) is 0 Å². The van der Waals surface area contributed by atoms with Crippen LogP contribution >= 0.6 is 0 Å². The molecule has 0 bridgehead atoms. The van der Waals surface area contributed by atoms with Crippen LogP contribution < -0.4 is 5.56 Å². The first-order valence-electron chi connectivity index (χ1n) is 6.77. The van der Waals surface area contributed by atoms with Gasteiger partial charge in [0.05, 0.1) is 6.61 Å². The van der Waals surface area contributed by atoms with Crippen molar-refractivity contribution in [3.05, 3.63) is 34.2 Å². The molecule has 1 amide bonds. The molecule has 0 saturated carbocycles. The monoisotopic (exact) mass is 264 g/mol. The van der Waals surface area contributed by atoms with E-state index in [2.05, 4.69) is 11.9 Å². The van der Waals surface area contributed by atoms with Crippen LogP contribution in [-0.2, 0) is 4.74 Å². The number of carbonyl (C=O) groups excluding carboxylic acids is 1. The van der Waals surface area contributed by atoms with Crippen molar-refractivity contribution in [2.24, 2.45) is 5.92 Å². The number of hydrogen-bond acceptors (Lipinski definition) is 3. The summed E-state index contributed by atoms with van der Waals surface area (Å²) < 4.78 is 5.52. The standard InChI is InChI=1S/C14H20N2O3/c1-2-8-19-10-11-6-7-16(9-11)14(18)12-4-3-5-13(17)15-12/h3-5,11H,2,6-10H2,1H3,(H,15,17). The first-order valence-corrected chi connectivity index (χ1v) is 6.77. The van der Waals surface area contributed by atoms with E-state index in [1.807, 2.05) is 0 Å². The Kier molecular flexibility index (Phi) is 4.74. The molecule has 2 heterocycles. The Hall–Kier alpha value is -1.62. The fourth-order valence-corrected chi connectivity index (χ4v) is 2.29. The van der Waals surface area contributed by atoms with E-state index in [4.69, 9.17) is 4.74 Å². The van der Waals surface area contributed by atoms with Gasteiger partial charge in [0.25, 0.3) is 5.91 Å². The SMILES string of the molecule is CCCOCC1CCN(C(=O)c2cccc(=O)[nH]2)C1. The summed E-state index contributed by atoms with van der Waals surface area (Å²) in [6.07, 6.45) is 1.98. The van der Waals surface area contributed by atoms with Crippen LogP contribution in [0.1, 0.15) is 30.3 Å². The quantitative estimate of drug-likeness (QED) is 0.814. The Morgan fingerprint density at radius 1 is 1.53 bits per heavy atom. The lowest BCUT2D eigenvalue weighted by molar-refractivity contribution is 0.0749. The van der Waals surface area contributed by atoms with Gasteiger partial charge in [0.15, 0.2) is 0 Å². The van der Waals surface area contributed by atoms with E-state index in [1.54, 1.807) is 17.0 Å². The zero-order valence-corrected chi connectivity index (χ0v) is 11.2. The average Bonchev–Trinajstić information content (AvgIpc) is 2.87. The minimum Gasteiger partial charge on any atom is -0.381 e. The van der Waals surface area contributed by atoms with Crippen molar-refractivity contribution in [2.75, 3.05) is 26.3 Å². The van der Waals surface area contributed by atoms with E-state index in [1.165, 1.54) is 6.07 Å². The molecule has 1 N–H and O–H groups in total. The van der Waals surface area contributed by atoms with Crippen molar-refractivity contribution >= 4 is 5.91 Å². The number of aromatic nitrogens is 1. The third-order valence-corrected chi connectivity index (χ3v) is 3.27. The zero-order chi connectivity index (χ0) is 13.7. The molecule has 19 heavy (non-hydrogen) atoms. The molecule has 0 aromatic carbocycles. The van der Waals surface area contributed by atoms with Gasteiger partial charge in [-0.05, 0) is 18.9 Å². The number of aromatic amines is 1. The lowest BCUT2D eigenvalue weighted by atomic mass is 10.1. The molecule has 2 rings (SSSR count). The van der Waals surface area contributed by atoms with E-state index in [9.17, 15) is 9.59 Å². The van der Waals surface area contributed by atoms with Crippen LogP contribution in [0.4, 0.5) is 0 Å². The second-order valence-corrected chi connectivity index (χ2v) is 4.91. The van der Waals surface area contributed by atoms with Gasteiger partial charge in [-0.1, -0.05) is 13.0 Å². The normalized spacial score (nSPS) is 18.8. The number of H-pyrrole nitrogens is 1. The molecule has 5 nitrogen and oxygen atoms in total. The van der Waals surface area contributed by atoms with Crippen molar-refractivity contribution in [1.29, 1.82) is 0 Å². The molecular weight excluding hydrogens is 244 g/mol. The van der Waals surface area contributed by atoms with Crippen LogP contribution in [0.3, 0.4) is 0 Å². The Morgan fingerprint density at radius 3 is 3.11 bits per heavy atom. The van der Waals surface area contributed by atoms with Crippen molar-refractivity contribution < 1.29 is 9.53 Å². The van der Waals surface area contributed by atoms with Gasteiger partial charge < -0.3 is 14.6 Å². The molecule has 0 aliphatic carbocycles. The van der Waals surface area contributed by atoms with E-state index < -0.39 is 0 Å². The molecule has 1 aliphatic rings. The minimum absolute atomic E-state index is 0.101. The zero-order valence-electron chi connectivity index (χ0n) is 11.2. The van der Waals surface area contributed by atoms with E-state index in [0.717, 1.165) is 26.0 Å². The van der Waals surface area contributed by atoms with Gasteiger partial charge in [-0.15, -0.1) is 0 Å². The highest BCUT2D eigenvalue weighted by atomic mass is 16.5. The second kappa shape index (κ2) is 6.52. The first kappa shape index (κ1) is 13.8. The molecule has 0 radical (unpaired) electrons. The maximum absolute atomic E-state index is 12.2. The Balaban J connectivity index is 1.90. The summed E-state index contributed by atoms with van der Waals surface area (Å²) in [6, 6.07) is 4.65. The molecule has 1 aliphatic heterocycles. The van der Waals surface area contributed by atoms with Gasteiger partial charge in [0.2, 0.25) is 5.56 Å². The summed E-state index contributed by atoms with van der Waals surface area (Å²) in [6.45, 7) is 5.00. The van der Waals surface area contributed by atoms with Crippen molar-refractivity contribution in [2.45, 2.75) is 19.8 Å². The minimum atomic E-state index is -0.243. The maximum Gasteiger partial charge on any atom is 0.270 e. The number of nitrogens with one attached hydrogen (secondary N) is 1. The number of likely N-dealkylation sites (tertiary alicyclic amines) is 1. The summed E-state index contributed by atoms with van der Waals surface area (Å²) >= 11 is 0. The summed E-state index contributed by atoms with van der Waals surface area (Å²) in [5.41, 5.74) is 0.121. The fraction of sp³-hybridized carbons (Fsp3) is 0.571. The predicted molar refractivity (Wildman–Crippen MR) is 72.2 cm³/mol. The van der Waals surface area contributed by atoms with E-state index >= 15 is 0 Å². The second-order valence-electron chi connectivity index (χ2n) is 4.91. The third kappa shape index (κ3) is 3.67. The Morgan fingerprint density at radius 2 is 2.37 bits per heavy atom. The van der Waals surface area contributed by atoms with Crippen LogP contribution in [-0.4, -0.2) is 42.1 Å². The maximum atomic E-state index is 12.2. The smallest absolute Gasteiger partial charge is 0.270 e. The van der Waals surface area contributed by atoms with Gasteiger partial charge in [0.1, 0.15) is 5.69 Å². The summed E-state index contributed by atoms with van der Waals surface area (Å²) in [7, 11) is 0. The number of ether oxygens (including phenoxy) is 1. The molecule has 1 atom stereocenters. The lowest BCUT2D eigenvalue weighted by Gasteiger charge is -2.16. The average molecular weight is 264 g/mol. The van der Waals surface area contributed by atoms with Crippen LogP contribution in [0.15, 0.2) is 23.0 Å². The third-order valence-electron chi connectivity index (χ3n) is 3.27. The molecule has 0 spiro atoms. The fourth-order valence-electron chi connectivity index (χ4n) is 2.29. The first-order chi connectivity index (χ1) is 9.20. The summed E-state index contributed by atoms with van der Waals surface area (Å²) in [4.78, 5) is 27.7. The van der Waals surface area contributed by atoms with Gasteiger partial charge >= 0.3 is 0 Å². The van der Waals surface area contributed by atoms with Crippen LogP contribution in [0.5, 0.6) is 0 Å². The number of rotatable bonds is 5. The number of carbonyl (C=O) groups is 1. The Labute approximate surface area is 112 Å². The molecule has 1 fully saturated rings. The van der Waals surface area contributed by atoms with Gasteiger partial charge in [-0.2, -0.15) is 0 Å². The van der Waals surface area contributed by atoms with Crippen LogP contribution in [0.2, 0.25) is 0 Å². The van der Waals surface area contributed by atoms with Crippen molar-refractivity contribution in [3.8, 4) is 0 Å². The highest BCUT2D eigenvalue weighted by Gasteiger charge is 2.27. The number of pyridine rings is 1. The number of hydrogen-bond donors (Lipinski definition) is 1. The van der Waals surface area contributed by atoms with Gasteiger partial charge in [0, 0.05) is 31.7 Å². The largest absolute Gasteiger partial charge is 0.381 e. The molecule has 1 saturated heterocycles. The van der Waals surface area contributed by atoms with Crippen LogP contribution in [0.25, 0.3) is 0 Å². The lowest BCUT2D eigenvalue weighted by Crippen LogP contribution is -2.31. The summed E-state index contributed by atoms with van der Waals surface area (Å²) in [5, 5.41) is 0. The number of amides is 1. The predicted octanol–water partition coefficient (Wildman–Crippen LogP) is 1.26. The van der Waals surface area contributed by atoms with E-state index in [0.29, 0.717) is 24.8 Å². The van der Waals surface area contributed by atoms with Crippen molar-refractivity contribution in [3.63, 3.8) is 0 Å². The molecule has 1 aromatic rings. The molecule has 1 aromatic heterocycles. The highest BCUT2D eigenvalue weighted by Crippen LogP contribution is 2.18. The highest BCUT2D eigenvalue weighted by molar-refractivity contribution is 5.92. The summed E-state index contributed by atoms with van der Waals surface area (Å²) in [5.74, 6) is 0.307. The van der Waals surface area contributed by atoms with Crippen LogP contribution in [0, 0.1) is 5.92 Å². The molecular formula is C14H20N2O3. The molecule has 1 unspecified atom stereocenters. The van der Waals surface area contributed by atoms with E-state index in [-0.39, 0.29) is 11.5 Å². The topological polar surface area (TPSA) is 62.4 Å². The Bertz CT molecular complexity index is 484. The van der Waals surface area contributed by atoms with Crippen molar-refractivity contribution in [1.82, 2.24) is 9.88 Å².